The molecule has 2 aromatic heterocycles. The standard InChI is InChI=1S/C9H6ClN3O2S/c10-8-5(9(14)15)1-2-6(11-8)13-4-3-7(16)12-13/h1-4H,(H,12,16)(H,14,15). The summed E-state index contributed by atoms with van der Waals surface area (Å²) in [6, 6.07) is 4.63. The molecule has 0 aliphatic carbocycles. The van der Waals surface area contributed by atoms with Crippen molar-refractivity contribution < 1.29 is 9.90 Å². The fourth-order valence-electron chi connectivity index (χ4n) is 1.19. The third-order valence-electron chi connectivity index (χ3n) is 1.92. The average molecular weight is 256 g/mol. The monoisotopic (exact) mass is 255 g/mol. The van der Waals surface area contributed by atoms with E-state index in [4.69, 9.17) is 28.9 Å². The van der Waals surface area contributed by atoms with Gasteiger partial charge in [-0.3, -0.25) is 5.10 Å². The third kappa shape index (κ3) is 1.98. The van der Waals surface area contributed by atoms with E-state index in [9.17, 15) is 4.79 Å². The number of carboxylic acid groups (broad SMARTS) is 1. The van der Waals surface area contributed by atoms with Crippen molar-refractivity contribution in [1.29, 1.82) is 0 Å². The van der Waals surface area contributed by atoms with Gasteiger partial charge in [0.25, 0.3) is 0 Å². The molecule has 2 aromatic rings. The number of nitrogens with one attached hydrogen (secondary N) is 1. The van der Waals surface area contributed by atoms with Gasteiger partial charge in [-0.15, -0.1) is 0 Å². The Labute approximate surface area is 100 Å². The van der Waals surface area contributed by atoms with Crippen LogP contribution in [0.5, 0.6) is 0 Å². The average Bonchev–Trinajstić information content (AvgIpc) is 2.64. The molecular formula is C9H6ClN3O2S. The zero-order chi connectivity index (χ0) is 11.7. The van der Waals surface area contributed by atoms with Crippen LogP contribution in [0.4, 0.5) is 0 Å². The minimum Gasteiger partial charge on any atom is -0.478 e. The molecule has 7 heteroatoms. The van der Waals surface area contributed by atoms with E-state index in [1.165, 1.54) is 6.07 Å². The van der Waals surface area contributed by atoms with Crippen LogP contribution < -0.4 is 0 Å². The van der Waals surface area contributed by atoms with E-state index in [0.29, 0.717) is 10.5 Å². The summed E-state index contributed by atoms with van der Waals surface area (Å²) < 4.78 is 2.11. The Morgan fingerprint density at radius 2 is 2.25 bits per heavy atom. The fraction of sp³-hybridized carbons (Fsp3) is 0. The molecule has 2 rings (SSSR count). The van der Waals surface area contributed by atoms with Gasteiger partial charge in [-0.1, -0.05) is 23.8 Å². The van der Waals surface area contributed by atoms with E-state index < -0.39 is 5.97 Å². The lowest BCUT2D eigenvalue weighted by Crippen LogP contribution is -2.03. The van der Waals surface area contributed by atoms with E-state index in [2.05, 4.69) is 10.1 Å². The largest absolute Gasteiger partial charge is 0.478 e. The molecule has 2 heterocycles. The topological polar surface area (TPSA) is 70.9 Å². The Morgan fingerprint density at radius 1 is 1.50 bits per heavy atom. The molecule has 0 aromatic carbocycles. The smallest absolute Gasteiger partial charge is 0.338 e. The summed E-state index contributed by atoms with van der Waals surface area (Å²) in [5, 5.41) is 11.5. The van der Waals surface area contributed by atoms with Gasteiger partial charge < -0.3 is 5.11 Å². The second-order valence-corrected chi connectivity index (χ2v) is 3.77. The summed E-state index contributed by atoms with van der Waals surface area (Å²) in [6.07, 6.45) is 1.68. The first-order chi connectivity index (χ1) is 7.58. The predicted molar refractivity (Wildman–Crippen MR) is 60.7 cm³/mol. The van der Waals surface area contributed by atoms with E-state index in [-0.39, 0.29) is 10.7 Å². The van der Waals surface area contributed by atoms with Crippen molar-refractivity contribution in [3.8, 4) is 5.82 Å². The van der Waals surface area contributed by atoms with Crippen LogP contribution in [-0.2, 0) is 0 Å². The van der Waals surface area contributed by atoms with Crippen LogP contribution in [0.1, 0.15) is 10.4 Å². The van der Waals surface area contributed by atoms with Gasteiger partial charge >= 0.3 is 5.97 Å². The lowest BCUT2D eigenvalue weighted by molar-refractivity contribution is 0.0696. The van der Waals surface area contributed by atoms with Crippen LogP contribution in [-0.4, -0.2) is 25.8 Å². The van der Waals surface area contributed by atoms with E-state index >= 15 is 0 Å². The van der Waals surface area contributed by atoms with Crippen LogP contribution in [0, 0.1) is 4.64 Å². The van der Waals surface area contributed by atoms with Crippen LogP contribution in [0.3, 0.4) is 0 Å². The predicted octanol–water partition coefficient (Wildman–Crippen LogP) is 2.28. The van der Waals surface area contributed by atoms with Gasteiger partial charge in [-0.2, -0.15) is 0 Å². The molecule has 0 unspecified atom stereocenters. The first-order valence-corrected chi connectivity index (χ1v) is 5.04. The first-order valence-electron chi connectivity index (χ1n) is 4.26. The molecular weight excluding hydrogens is 250 g/mol. The molecule has 5 nitrogen and oxygen atoms in total. The minimum absolute atomic E-state index is 0.0313. The van der Waals surface area contributed by atoms with Crippen molar-refractivity contribution in [2.75, 3.05) is 0 Å². The Morgan fingerprint density at radius 3 is 2.75 bits per heavy atom. The summed E-state index contributed by atoms with van der Waals surface area (Å²) in [6.45, 7) is 0. The number of hydrogen-bond donors (Lipinski definition) is 2. The molecule has 2 N–H and O–H groups in total. The molecule has 16 heavy (non-hydrogen) atoms. The molecule has 0 bridgehead atoms. The number of H-pyrrole nitrogens is 1. The Hall–Kier alpha value is -1.66. The van der Waals surface area contributed by atoms with Crippen molar-refractivity contribution in [2.45, 2.75) is 0 Å². The van der Waals surface area contributed by atoms with Gasteiger partial charge in [0.1, 0.15) is 9.79 Å². The molecule has 0 saturated carbocycles. The number of hydrogen-bond acceptors (Lipinski definition) is 3. The molecule has 0 aliphatic heterocycles. The van der Waals surface area contributed by atoms with Gasteiger partial charge in [0.2, 0.25) is 0 Å². The zero-order valence-corrected chi connectivity index (χ0v) is 9.42. The van der Waals surface area contributed by atoms with Crippen molar-refractivity contribution in [1.82, 2.24) is 14.8 Å². The molecule has 0 fully saturated rings. The van der Waals surface area contributed by atoms with Gasteiger partial charge in [-0.25, -0.2) is 14.5 Å². The first kappa shape index (κ1) is 10.8. The zero-order valence-electron chi connectivity index (χ0n) is 7.85. The van der Waals surface area contributed by atoms with Crippen LogP contribution in [0.2, 0.25) is 5.15 Å². The van der Waals surface area contributed by atoms with Gasteiger partial charge in [0.05, 0.1) is 5.56 Å². The second-order valence-electron chi connectivity index (χ2n) is 2.97. The lowest BCUT2D eigenvalue weighted by atomic mass is 10.3. The van der Waals surface area contributed by atoms with E-state index in [0.717, 1.165) is 0 Å². The highest BCUT2D eigenvalue weighted by Gasteiger charge is 2.10. The number of carboxylic acids is 1. The summed E-state index contributed by atoms with van der Waals surface area (Å²) >= 11 is 10.6. The SMILES string of the molecule is O=C(O)c1ccc(-n2ccc(=S)[nH]2)nc1Cl. The number of aromatic nitrogens is 3. The van der Waals surface area contributed by atoms with Crippen LogP contribution >= 0.6 is 23.8 Å². The van der Waals surface area contributed by atoms with E-state index in [1.54, 1.807) is 23.0 Å². The third-order valence-corrected chi connectivity index (χ3v) is 2.43. The maximum Gasteiger partial charge on any atom is 0.338 e. The summed E-state index contributed by atoms with van der Waals surface area (Å²) in [5.74, 6) is -0.629. The minimum atomic E-state index is -1.11. The maximum atomic E-state index is 10.7. The fourth-order valence-corrected chi connectivity index (χ4v) is 1.58. The number of rotatable bonds is 2. The number of carbonyl (C=O) groups is 1. The van der Waals surface area contributed by atoms with Crippen molar-refractivity contribution in [3.63, 3.8) is 0 Å². The van der Waals surface area contributed by atoms with Crippen LogP contribution in [0.25, 0.3) is 5.82 Å². The van der Waals surface area contributed by atoms with Crippen molar-refractivity contribution >= 4 is 29.8 Å². The molecule has 0 amide bonds. The Kier molecular flexibility index (Phi) is 2.76. The number of nitrogens with zero attached hydrogens (tertiary/aromatic N) is 2. The number of aromatic carboxylic acids is 1. The normalized spacial score (nSPS) is 10.3. The number of pyridine rings is 1. The maximum absolute atomic E-state index is 10.7. The Balaban J connectivity index is 2.49. The molecule has 0 aliphatic rings. The summed E-state index contributed by atoms with van der Waals surface area (Å²) in [7, 11) is 0. The highest BCUT2D eigenvalue weighted by Crippen LogP contribution is 2.15. The van der Waals surface area contributed by atoms with Gasteiger partial charge in [0.15, 0.2) is 5.82 Å². The molecule has 82 valence electrons. The van der Waals surface area contributed by atoms with Crippen LogP contribution in [0.15, 0.2) is 24.4 Å². The Bertz CT molecular complexity index is 605. The van der Waals surface area contributed by atoms with Gasteiger partial charge in [0, 0.05) is 6.20 Å². The summed E-state index contributed by atoms with van der Waals surface area (Å²) in [5.41, 5.74) is -0.0313. The highest BCUT2D eigenvalue weighted by molar-refractivity contribution is 7.71. The van der Waals surface area contributed by atoms with Crippen molar-refractivity contribution in [3.05, 3.63) is 39.8 Å². The molecule has 0 spiro atoms. The number of halogens is 1. The van der Waals surface area contributed by atoms with Crippen molar-refractivity contribution in [2.24, 2.45) is 0 Å². The molecule has 0 atom stereocenters. The quantitative estimate of drug-likeness (QED) is 0.638. The van der Waals surface area contributed by atoms with Gasteiger partial charge in [-0.05, 0) is 18.2 Å². The molecule has 0 saturated heterocycles. The second kappa shape index (κ2) is 4.07. The highest BCUT2D eigenvalue weighted by atomic mass is 35.5. The number of aromatic amines is 1. The molecule has 0 radical (unpaired) electrons. The summed E-state index contributed by atoms with van der Waals surface area (Å²) in [4.78, 5) is 14.7. The lowest BCUT2D eigenvalue weighted by Gasteiger charge is -2.03. The van der Waals surface area contributed by atoms with E-state index in [1.807, 2.05) is 0 Å².